The Labute approximate surface area is 171 Å². The number of aromatic nitrogens is 3. The van der Waals surface area contributed by atoms with E-state index < -0.39 is 0 Å². The normalized spacial score (nSPS) is 26.3. The Morgan fingerprint density at radius 2 is 2.00 bits per heavy atom. The number of hydrogen-bond donors (Lipinski definition) is 1. The number of nitrogens with one attached hydrogen (secondary N) is 1. The number of piperidine rings is 2. The van der Waals surface area contributed by atoms with E-state index in [4.69, 9.17) is 0 Å². The molecule has 2 unspecified atom stereocenters. The molecule has 2 atom stereocenters. The van der Waals surface area contributed by atoms with Crippen LogP contribution in [0.5, 0.6) is 0 Å². The fourth-order valence-electron chi connectivity index (χ4n) is 4.92. The number of halogens is 2. The van der Waals surface area contributed by atoms with Gasteiger partial charge in [0, 0.05) is 31.1 Å². The molecule has 0 aromatic carbocycles. The molecule has 2 saturated heterocycles. The maximum absolute atomic E-state index is 13.1. The number of carbonyl (C=O) groups excluding carboxylic acids is 1. The van der Waals surface area contributed by atoms with Gasteiger partial charge in [-0.1, -0.05) is 6.07 Å². The topological polar surface area (TPSA) is 62.5 Å². The summed E-state index contributed by atoms with van der Waals surface area (Å²) in [6, 6.07) is 5.97. The van der Waals surface area contributed by atoms with Crippen molar-refractivity contribution in [3.05, 3.63) is 30.2 Å². The number of nitrogens with zero attached hydrogens (tertiary/aromatic N) is 4. The van der Waals surface area contributed by atoms with Crippen LogP contribution in [0, 0.1) is 11.3 Å². The number of carbonyl (C=O) groups is 1. The Morgan fingerprint density at radius 3 is 2.81 bits per heavy atom. The van der Waals surface area contributed by atoms with Crippen LogP contribution in [0.4, 0.5) is 0 Å². The van der Waals surface area contributed by atoms with Gasteiger partial charge < -0.3 is 10.2 Å². The number of fused-ring (bicyclic) bond motifs is 1. The van der Waals surface area contributed by atoms with Crippen LogP contribution in [0.2, 0.25) is 0 Å². The van der Waals surface area contributed by atoms with E-state index in [0.717, 1.165) is 69.8 Å². The van der Waals surface area contributed by atoms with E-state index >= 15 is 0 Å². The van der Waals surface area contributed by atoms with Gasteiger partial charge in [-0.3, -0.25) is 9.20 Å². The minimum absolute atomic E-state index is 0. The standard InChI is InChI=1S/C19H25N5O.2ClH/c25-18(15-12-19(15)6-8-20-9-7-19)23-10-3-4-14(13-23)17-22-21-16-5-1-2-11-24(16)17;;/h1-2,5,11,14-15,20H,3-4,6-10,12-13H2;2*1H. The molecular formula is C19H27Cl2N5O. The first-order valence-corrected chi connectivity index (χ1v) is 9.56. The summed E-state index contributed by atoms with van der Waals surface area (Å²) < 4.78 is 2.07. The van der Waals surface area contributed by atoms with Crippen LogP contribution >= 0.6 is 24.8 Å². The molecule has 2 aromatic rings. The van der Waals surface area contributed by atoms with Crippen LogP contribution < -0.4 is 5.32 Å². The summed E-state index contributed by atoms with van der Waals surface area (Å²) in [7, 11) is 0. The Hall–Kier alpha value is -1.37. The highest BCUT2D eigenvalue weighted by Gasteiger charge is 2.58. The molecule has 4 heterocycles. The molecule has 1 spiro atoms. The molecular weight excluding hydrogens is 385 g/mol. The lowest BCUT2D eigenvalue weighted by atomic mass is 9.91. The van der Waals surface area contributed by atoms with E-state index in [-0.39, 0.29) is 36.6 Å². The van der Waals surface area contributed by atoms with Crippen LogP contribution in [-0.4, -0.2) is 51.6 Å². The van der Waals surface area contributed by atoms with E-state index in [2.05, 4.69) is 24.8 Å². The van der Waals surface area contributed by atoms with Crippen molar-refractivity contribution in [2.24, 2.45) is 11.3 Å². The number of rotatable bonds is 2. The zero-order valence-electron chi connectivity index (χ0n) is 15.3. The first-order chi connectivity index (χ1) is 12.3. The third-order valence-electron chi connectivity index (χ3n) is 6.53. The Morgan fingerprint density at radius 1 is 1.19 bits per heavy atom. The number of pyridine rings is 1. The van der Waals surface area contributed by atoms with Gasteiger partial charge in [0.05, 0.1) is 0 Å². The van der Waals surface area contributed by atoms with Crippen molar-refractivity contribution in [3.8, 4) is 0 Å². The van der Waals surface area contributed by atoms with Crippen molar-refractivity contribution in [2.75, 3.05) is 26.2 Å². The van der Waals surface area contributed by atoms with Gasteiger partial charge in [0.25, 0.3) is 0 Å². The van der Waals surface area contributed by atoms with Crippen molar-refractivity contribution in [2.45, 2.75) is 38.0 Å². The zero-order chi connectivity index (χ0) is 16.9. The van der Waals surface area contributed by atoms with E-state index in [0.29, 0.717) is 11.3 Å². The maximum atomic E-state index is 13.1. The predicted molar refractivity (Wildman–Crippen MR) is 109 cm³/mol. The van der Waals surface area contributed by atoms with Gasteiger partial charge in [-0.2, -0.15) is 0 Å². The summed E-state index contributed by atoms with van der Waals surface area (Å²) in [4.78, 5) is 15.2. The quantitative estimate of drug-likeness (QED) is 0.824. The third kappa shape index (κ3) is 3.55. The number of amides is 1. The van der Waals surface area contributed by atoms with Gasteiger partial charge in [-0.05, 0) is 62.7 Å². The molecule has 5 rings (SSSR count). The highest BCUT2D eigenvalue weighted by atomic mass is 35.5. The third-order valence-corrected chi connectivity index (χ3v) is 6.53. The predicted octanol–water partition coefficient (Wildman–Crippen LogP) is 2.67. The van der Waals surface area contributed by atoms with E-state index in [1.54, 1.807) is 0 Å². The Bertz CT molecular complexity index is 804. The lowest BCUT2D eigenvalue weighted by molar-refractivity contribution is -0.134. The van der Waals surface area contributed by atoms with Gasteiger partial charge in [-0.15, -0.1) is 35.0 Å². The number of likely N-dealkylation sites (tertiary alicyclic amines) is 1. The second-order valence-corrected chi connectivity index (χ2v) is 7.98. The fraction of sp³-hybridized carbons (Fsp3) is 0.632. The summed E-state index contributed by atoms with van der Waals surface area (Å²) in [6.45, 7) is 3.83. The van der Waals surface area contributed by atoms with Crippen molar-refractivity contribution >= 4 is 36.4 Å². The number of hydrogen-bond acceptors (Lipinski definition) is 4. The molecule has 148 valence electrons. The first kappa shape index (κ1) is 20.4. The second-order valence-electron chi connectivity index (χ2n) is 7.98. The van der Waals surface area contributed by atoms with Gasteiger partial charge in [0.15, 0.2) is 5.65 Å². The summed E-state index contributed by atoms with van der Waals surface area (Å²) in [5.41, 5.74) is 1.20. The van der Waals surface area contributed by atoms with Crippen molar-refractivity contribution in [1.29, 1.82) is 0 Å². The van der Waals surface area contributed by atoms with Crippen LogP contribution in [0.1, 0.15) is 43.8 Å². The van der Waals surface area contributed by atoms with Crippen LogP contribution in [0.15, 0.2) is 24.4 Å². The molecule has 0 radical (unpaired) electrons. The molecule has 1 saturated carbocycles. The highest BCUT2D eigenvalue weighted by Crippen LogP contribution is 2.59. The van der Waals surface area contributed by atoms with Crippen LogP contribution in [0.25, 0.3) is 5.65 Å². The molecule has 0 bridgehead atoms. The lowest BCUT2D eigenvalue weighted by Crippen LogP contribution is -2.42. The average Bonchev–Trinajstić information content (AvgIpc) is 3.17. The van der Waals surface area contributed by atoms with E-state index in [1.807, 2.05) is 24.4 Å². The Kier molecular flexibility index (Phi) is 5.99. The minimum Gasteiger partial charge on any atom is -0.342 e. The summed E-state index contributed by atoms with van der Waals surface area (Å²) in [5.74, 6) is 1.95. The molecule has 3 aliphatic rings. The largest absolute Gasteiger partial charge is 0.342 e. The van der Waals surface area contributed by atoms with Crippen molar-refractivity contribution in [3.63, 3.8) is 0 Å². The monoisotopic (exact) mass is 411 g/mol. The Balaban J connectivity index is 0.00000105. The minimum atomic E-state index is 0. The van der Waals surface area contributed by atoms with Crippen molar-refractivity contribution in [1.82, 2.24) is 24.8 Å². The summed E-state index contributed by atoms with van der Waals surface area (Å²) >= 11 is 0. The van der Waals surface area contributed by atoms with Crippen LogP contribution in [0.3, 0.4) is 0 Å². The van der Waals surface area contributed by atoms with Crippen molar-refractivity contribution < 1.29 is 4.79 Å². The summed E-state index contributed by atoms with van der Waals surface area (Å²) in [6.07, 6.45) is 7.59. The molecule has 1 aliphatic carbocycles. The molecule has 3 fully saturated rings. The average molecular weight is 412 g/mol. The van der Waals surface area contributed by atoms with Crippen LogP contribution in [-0.2, 0) is 4.79 Å². The lowest BCUT2D eigenvalue weighted by Gasteiger charge is -2.33. The molecule has 1 N–H and O–H groups in total. The highest BCUT2D eigenvalue weighted by molar-refractivity contribution is 5.85. The molecule has 27 heavy (non-hydrogen) atoms. The molecule has 2 aliphatic heterocycles. The smallest absolute Gasteiger partial charge is 0.226 e. The van der Waals surface area contributed by atoms with Gasteiger partial charge in [-0.25, -0.2) is 0 Å². The van der Waals surface area contributed by atoms with Gasteiger partial charge in [0.2, 0.25) is 5.91 Å². The van der Waals surface area contributed by atoms with E-state index in [9.17, 15) is 4.79 Å². The SMILES string of the molecule is Cl.Cl.O=C(C1CC12CCNCC2)N1CCCC(c2nnc3ccccn23)C1. The first-order valence-electron chi connectivity index (χ1n) is 9.56. The molecule has 8 heteroatoms. The van der Waals surface area contributed by atoms with Gasteiger partial charge >= 0.3 is 0 Å². The van der Waals surface area contributed by atoms with Gasteiger partial charge in [0.1, 0.15) is 5.82 Å². The molecule has 6 nitrogen and oxygen atoms in total. The fourth-order valence-corrected chi connectivity index (χ4v) is 4.92. The van der Waals surface area contributed by atoms with E-state index in [1.165, 1.54) is 0 Å². The summed E-state index contributed by atoms with van der Waals surface area (Å²) in [5, 5.41) is 12.1. The zero-order valence-corrected chi connectivity index (χ0v) is 17.0. The molecule has 2 aromatic heterocycles. The molecule has 1 amide bonds. The maximum Gasteiger partial charge on any atom is 0.226 e. The second kappa shape index (κ2) is 7.94.